The summed E-state index contributed by atoms with van der Waals surface area (Å²) in [5.74, 6) is 0.768. The average Bonchev–Trinajstić information content (AvgIpc) is 2.70. The molecule has 0 aliphatic heterocycles. The van der Waals surface area contributed by atoms with Crippen LogP contribution in [0, 0.1) is 13.8 Å². The molecule has 2 aromatic rings. The van der Waals surface area contributed by atoms with Crippen LogP contribution in [0.3, 0.4) is 0 Å². The number of amides is 1. The molecular formula is C13H14ClN3O2S. The van der Waals surface area contributed by atoms with Crippen LogP contribution in [0.5, 0.6) is 0 Å². The molecule has 1 aromatic carbocycles. The summed E-state index contributed by atoms with van der Waals surface area (Å²) in [4.78, 5) is 16.0. The van der Waals surface area contributed by atoms with Gasteiger partial charge in [-0.3, -0.25) is 4.79 Å². The van der Waals surface area contributed by atoms with Gasteiger partial charge < -0.3 is 15.5 Å². The summed E-state index contributed by atoms with van der Waals surface area (Å²) in [6, 6.07) is 4.93. The molecule has 106 valence electrons. The van der Waals surface area contributed by atoms with E-state index in [2.05, 4.69) is 10.3 Å². The zero-order chi connectivity index (χ0) is 14.7. The normalized spacial score (nSPS) is 10.6. The first-order valence-electron chi connectivity index (χ1n) is 5.87. The van der Waals surface area contributed by atoms with Crippen molar-refractivity contribution < 1.29 is 9.21 Å². The lowest BCUT2D eigenvalue weighted by molar-refractivity contribution is -0.113. The van der Waals surface area contributed by atoms with Gasteiger partial charge in [-0.1, -0.05) is 23.4 Å². The number of aryl methyl sites for hydroxylation is 2. The Morgan fingerprint density at radius 2 is 2.25 bits per heavy atom. The number of nitrogens with two attached hydrogens (primary N) is 1. The molecule has 0 aliphatic rings. The second-order valence-electron chi connectivity index (χ2n) is 4.20. The van der Waals surface area contributed by atoms with E-state index in [1.807, 2.05) is 13.8 Å². The van der Waals surface area contributed by atoms with E-state index in [0.29, 0.717) is 21.6 Å². The second kappa shape index (κ2) is 6.19. The van der Waals surface area contributed by atoms with Gasteiger partial charge in [0.1, 0.15) is 5.76 Å². The highest BCUT2D eigenvalue weighted by molar-refractivity contribution is 7.99. The van der Waals surface area contributed by atoms with Crippen LogP contribution < -0.4 is 11.1 Å². The van der Waals surface area contributed by atoms with Crippen LogP contribution >= 0.6 is 23.4 Å². The number of nitrogens with zero attached hydrogens (tertiary/aromatic N) is 1. The van der Waals surface area contributed by atoms with E-state index in [-0.39, 0.29) is 11.7 Å². The summed E-state index contributed by atoms with van der Waals surface area (Å²) in [7, 11) is 0. The third kappa shape index (κ3) is 3.68. The van der Waals surface area contributed by atoms with E-state index in [9.17, 15) is 4.79 Å². The van der Waals surface area contributed by atoms with Gasteiger partial charge in [0, 0.05) is 5.69 Å². The number of oxazole rings is 1. The number of hydrogen-bond donors (Lipinski definition) is 2. The van der Waals surface area contributed by atoms with Crippen molar-refractivity contribution >= 4 is 40.6 Å². The lowest BCUT2D eigenvalue weighted by Gasteiger charge is -2.06. The number of anilines is 2. The SMILES string of the molecule is Cc1nc(SCC(=O)Nc2ccc(N)cc2Cl)oc1C. The number of rotatable bonds is 4. The zero-order valence-electron chi connectivity index (χ0n) is 11.1. The molecule has 0 unspecified atom stereocenters. The Kier molecular flexibility index (Phi) is 4.57. The fourth-order valence-electron chi connectivity index (χ4n) is 1.45. The average molecular weight is 312 g/mol. The minimum Gasteiger partial charge on any atom is -0.437 e. The molecule has 0 spiro atoms. The van der Waals surface area contributed by atoms with Crippen LogP contribution in [0.25, 0.3) is 0 Å². The molecule has 0 atom stereocenters. The maximum absolute atomic E-state index is 11.8. The fraction of sp³-hybridized carbons (Fsp3) is 0.231. The number of benzene rings is 1. The molecule has 7 heteroatoms. The number of carbonyl (C=O) groups excluding carboxylic acids is 1. The first-order chi connectivity index (χ1) is 9.45. The highest BCUT2D eigenvalue weighted by atomic mass is 35.5. The zero-order valence-corrected chi connectivity index (χ0v) is 12.6. The van der Waals surface area contributed by atoms with E-state index < -0.39 is 0 Å². The lowest BCUT2D eigenvalue weighted by atomic mass is 10.3. The molecular weight excluding hydrogens is 298 g/mol. The minimum absolute atomic E-state index is 0.185. The van der Waals surface area contributed by atoms with E-state index >= 15 is 0 Å². The Balaban J connectivity index is 1.92. The van der Waals surface area contributed by atoms with Gasteiger partial charge in [0.15, 0.2) is 0 Å². The highest BCUT2D eigenvalue weighted by Gasteiger charge is 2.10. The van der Waals surface area contributed by atoms with Crippen LogP contribution in [0.4, 0.5) is 11.4 Å². The van der Waals surface area contributed by atoms with Crippen molar-refractivity contribution in [3.63, 3.8) is 0 Å². The molecule has 3 N–H and O–H groups in total. The Morgan fingerprint density at radius 1 is 1.50 bits per heavy atom. The molecule has 0 saturated carbocycles. The molecule has 5 nitrogen and oxygen atoms in total. The van der Waals surface area contributed by atoms with E-state index in [0.717, 1.165) is 11.5 Å². The molecule has 0 bridgehead atoms. The van der Waals surface area contributed by atoms with Crippen molar-refractivity contribution in [1.82, 2.24) is 4.98 Å². The van der Waals surface area contributed by atoms with Crippen LogP contribution in [0.1, 0.15) is 11.5 Å². The molecule has 1 aromatic heterocycles. The van der Waals surface area contributed by atoms with Crippen molar-refractivity contribution in [1.29, 1.82) is 0 Å². The molecule has 0 radical (unpaired) electrons. The van der Waals surface area contributed by atoms with Gasteiger partial charge in [0.05, 0.1) is 22.2 Å². The Labute approximate surface area is 125 Å². The van der Waals surface area contributed by atoms with Gasteiger partial charge in [-0.15, -0.1) is 0 Å². The minimum atomic E-state index is -0.185. The summed E-state index contributed by atoms with van der Waals surface area (Å²) in [6.45, 7) is 3.69. The number of hydrogen-bond acceptors (Lipinski definition) is 5. The predicted molar refractivity (Wildman–Crippen MR) is 81.2 cm³/mol. The highest BCUT2D eigenvalue weighted by Crippen LogP contribution is 2.25. The maximum atomic E-state index is 11.8. The van der Waals surface area contributed by atoms with Crippen molar-refractivity contribution in [2.24, 2.45) is 0 Å². The van der Waals surface area contributed by atoms with Crippen molar-refractivity contribution in [2.45, 2.75) is 19.1 Å². The maximum Gasteiger partial charge on any atom is 0.256 e. The van der Waals surface area contributed by atoms with E-state index in [4.69, 9.17) is 21.8 Å². The number of carbonyl (C=O) groups is 1. The fourth-order valence-corrected chi connectivity index (χ4v) is 2.40. The molecule has 0 saturated heterocycles. The first kappa shape index (κ1) is 14.7. The van der Waals surface area contributed by atoms with Crippen LogP contribution in [-0.2, 0) is 4.79 Å². The van der Waals surface area contributed by atoms with Crippen LogP contribution in [0.15, 0.2) is 27.8 Å². The van der Waals surface area contributed by atoms with Crippen LogP contribution in [-0.4, -0.2) is 16.6 Å². The van der Waals surface area contributed by atoms with Gasteiger partial charge in [0.25, 0.3) is 5.22 Å². The van der Waals surface area contributed by atoms with E-state index in [1.54, 1.807) is 18.2 Å². The summed E-state index contributed by atoms with van der Waals surface area (Å²) in [5, 5.41) is 3.61. The third-order valence-corrected chi connectivity index (χ3v) is 3.74. The van der Waals surface area contributed by atoms with Gasteiger partial charge in [-0.2, -0.15) is 0 Å². The third-order valence-electron chi connectivity index (χ3n) is 2.60. The largest absolute Gasteiger partial charge is 0.437 e. The summed E-state index contributed by atoms with van der Waals surface area (Å²) < 4.78 is 5.38. The molecule has 0 fully saturated rings. The monoisotopic (exact) mass is 311 g/mol. The molecule has 1 heterocycles. The Bertz CT molecular complexity index is 623. The summed E-state index contributed by atoms with van der Waals surface area (Å²) >= 11 is 7.22. The van der Waals surface area contributed by atoms with Gasteiger partial charge in [-0.05, 0) is 32.0 Å². The predicted octanol–water partition coefficient (Wildman–Crippen LogP) is 3.26. The first-order valence-corrected chi connectivity index (χ1v) is 7.24. The summed E-state index contributed by atoms with van der Waals surface area (Å²) in [5.41, 5.74) is 7.50. The van der Waals surface area contributed by atoms with Gasteiger partial charge in [-0.25, -0.2) is 4.98 Å². The molecule has 2 rings (SSSR count). The lowest BCUT2D eigenvalue weighted by Crippen LogP contribution is -2.14. The van der Waals surface area contributed by atoms with E-state index in [1.165, 1.54) is 11.8 Å². The molecule has 1 amide bonds. The standard InChI is InChI=1S/C13H14ClN3O2S/c1-7-8(2)19-13(16-7)20-6-12(18)17-11-4-3-9(15)5-10(11)14/h3-5H,6,15H2,1-2H3,(H,17,18). The summed E-state index contributed by atoms with van der Waals surface area (Å²) in [6.07, 6.45) is 0. The quantitative estimate of drug-likeness (QED) is 0.669. The van der Waals surface area contributed by atoms with Gasteiger partial charge in [0.2, 0.25) is 5.91 Å². The Morgan fingerprint density at radius 3 is 2.85 bits per heavy atom. The second-order valence-corrected chi connectivity index (χ2v) is 5.53. The van der Waals surface area contributed by atoms with Crippen LogP contribution in [0.2, 0.25) is 5.02 Å². The molecule has 0 aliphatic carbocycles. The van der Waals surface area contributed by atoms with Crippen molar-refractivity contribution in [3.8, 4) is 0 Å². The Hall–Kier alpha value is -1.66. The number of thioether (sulfide) groups is 1. The van der Waals surface area contributed by atoms with Gasteiger partial charge >= 0.3 is 0 Å². The number of nitrogen functional groups attached to an aromatic ring is 1. The number of aromatic nitrogens is 1. The topological polar surface area (TPSA) is 81.2 Å². The molecule has 20 heavy (non-hydrogen) atoms. The van der Waals surface area contributed by atoms with Crippen molar-refractivity contribution in [3.05, 3.63) is 34.7 Å². The number of nitrogens with one attached hydrogen (secondary N) is 1. The van der Waals surface area contributed by atoms with Crippen molar-refractivity contribution in [2.75, 3.05) is 16.8 Å². The smallest absolute Gasteiger partial charge is 0.256 e. The number of halogens is 1.